The Bertz CT molecular complexity index is 913. The molecule has 0 radical (unpaired) electrons. The third kappa shape index (κ3) is 8.80. The molecule has 1 aliphatic carbocycles. The Hall–Kier alpha value is -2.45. The van der Waals surface area contributed by atoms with Gasteiger partial charge in [-0.2, -0.15) is 0 Å². The van der Waals surface area contributed by atoms with Gasteiger partial charge in [0.1, 0.15) is 12.4 Å². The van der Waals surface area contributed by atoms with Gasteiger partial charge in [-0.05, 0) is 42.5 Å². The van der Waals surface area contributed by atoms with E-state index < -0.39 is 17.3 Å². The van der Waals surface area contributed by atoms with Crippen LogP contribution in [-0.2, 0) is 25.6 Å². The number of hydrogen-bond donors (Lipinski definition) is 1. The maximum Gasteiger partial charge on any atom is 0.232 e. The maximum atomic E-state index is 13.1. The number of aliphatic hydroxyl groups is 1. The molecule has 212 valence electrons. The minimum atomic E-state index is -1.14. The molecule has 38 heavy (non-hydrogen) atoms. The molecule has 2 aliphatic rings. The summed E-state index contributed by atoms with van der Waals surface area (Å²) in [6, 6.07) is 17.5. The van der Waals surface area contributed by atoms with Gasteiger partial charge in [-0.1, -0.05) is 63.2 Å². The summed E-state index contributed by atoms with van der Waals surface area (Å²) in [6.45, 7) is 8.63. The molecule has 1 aliphatic heterocycles. The Morgan fingerprint density at radius 3 is 2.03 bits per heavy atom. The molecule has 1 amide bonds. The van der Waals surface area contributed by atoms with Crippen molar-refractivity contribution in [2.24, 2.45) is 0 Å². The molecule has 1 unspecified atom stereocenters. The quantitative estimate of drug-likeness (QED) is 0.483. The van der Waals surface area contributed by atoms with Gasteiger partial charge in [0, 0.05) is 40.7 Å². The molecule has 1 N–H and O–H groups in total. The second-order valence-corrected chi connectivity index (χ2v) is 9.71. The van der Waals surface area contributed by atoms with Crippen molar-refractivity contribution in [3.8, 4) is 5.75 Å². The van der Waals surface area contributed by atoms with Crippen LogP contribution in [0.2, 0.25) is 0 Å². The highest BCUT2D eigenvalue weighted by Crippen LogP contribution is 2.46. The van der Waals surface area contributed by atoms with Crippen LogP contribution in [0.5, 0.6) is 5.75 Å². The van der Waals surface area contributed by atoms with Crippen molar-refractivity contribution in [1.82, 2.24) is 4.90 Å². The first-order valence-corrected chi connectivity index (χ1v) is 13.8. The lowest BCUT2D eigenvalue weighted by molar-refractivity contribution is -0.206. The van der Waals surface area contributed by atoms with E-state index in [1.54, 1.807) is 26.1 Å². The molecule has 1 spiro atoms. The average molecular weight is 530 g/mol. The number of methoxy groups -OCH3 is 1. The lowest BCUT2D eigenvalue weighted by Crippen LogP contribution is -2.50. The number of hydrogen-bond acceptors (Lipinski definition) is 6. The summed E-state index contributed by atoms with van der Waals surface area (Å²) in [5.74, 6) is -0.618. The molecular formula is C31H47NO6. The lowest BCUT2D eigenvalue weighted by atomic mass is 9.70. The molecule has 2 aromatic rings. The summed E-state index contributed by atoms with van der Waals surface area (Å²) in [4.78, 5) is 14.7. The largest absolute Gasteiger partial charge is 0.489 e. The summed E-state index contributed by atoms with van der Waals surface area (Å²) < 4.78 is 22.2. The molecule has 1 heterocycles. The lowest BCUT2D eigenvalue weighted by Gasteiger charge is -2.44. The first kappa shape index (κ1) is 31.8. The number of ether oxygens (including phenoxy) is 4. The molecular weight excluding hydrogens is 482 g/mol. The van der Waals surface area contributed by atoms with Gasteiger partial charge in [0.15, 0.2) is 5.79 Å². The number of likely N-dealkylation sites (N-methyl/N-ethyl adjacent to an activating group) is 1. The monoisotopic (exact) mass is 529 g/mol. The van der Waals surface area contributed by atoms with Crippen molar-refractivity contribution in [2.75, 3.05) is 41.0 Å². The number of amides is 1. The fourth-order valence-electron chi connectivity index (χ4n) is 4.78. The van der Waals surface area contributed by atoms with Crippen LogP contribution in [0.25, 0.3) is 0 Å². The summed E-state index contributed by atoms with van der Waals surface area (Å²) in [5.41, 5.74) is 0.737. The van der Waals surface area contributed by atoms with Crippen LogP contribution in [0, 0.1) is 0 Å². The van der Waals surface area contributed by atoms with E-state index >= 15 is 0 Å². The van der Waals surface area contributed by atoms with Crippen LogP contribution >= 0.6 is 0 Å². The van der Waals surface area contributed by atoms with E-state index in [1.165, 1.54) is 0 Å². The molecule has 0 bridgehead atoms. The Morgan fingerprint density at radius 2 is 1.55 bits per heavy atom. The zero-order valence-corrected chi connectivity index (χ0v) is 24.1. The molecule has 2 fully saturated rings. The first-order valence-electron chi connectivity index (χ1n) is 13.8. The van der Waals surface area contributed by atoms with Crippen molar-refractivity contribution < 1.29 is 28.8 Å². The Labute approximate surface area is 229 Å². The number of nitrogens with zero attached hydrogens (tertiary/aromatic N) is 1. The van der Waals surface area contributed by atoms with Gasteiger partial charge in [0.2, 0.25) is 5.91 Å². The third-order valence-corrected chi connectivity index (χ3v) is 6.79. The molecule has 1 saturated carbocycles. The predicted molar refractivity (Wildman–Crippen MR) is 150 cm³/mol. The van der Waals surface area contributed by atoms with Crippen molar-refractivity contribution >= 4 is 5.91 Å². The molecule has 1 saturated heterocycles. The number of rotatable bonds is 8. The molecule has 2 aromatic carbocycles. The highest BCUT2D eigenvalue weighted by Gasteiger charge is 2.51. The van der Waals surface area contributed by atoms with Crippen LogP contribution in [0.3, 0.4) is 0 Å². The molecule has 1 atom stereocenters. The van der Waals surface area contributed by atoms with E-state index in [4.69, 9.17) is 18.9 Å². The highest BCUT2D eigenvalue weighted by atomic mass is 16.7. The van der Waals surface area contributed by atoms with Crippen LogP contribution in [0.4, 0.5) is 0 Å². The standard InChI is InChI=1S/C25H31NO5.C4H10O.C2H6/c1-26(2)23(27)22(24(28)12-14-25(15-13-24)30-16-17-31-25)20-8-10-21(11-9-20)29-18-19-6-4-3-5-7-19;1-3-4-5-2;1-2/h3-11,22,28H,12-18H2,1-2H3;3-4H2,1-2H3;1-2H3. The van der Waals surface area contributed by atoms with E-state index in [9.17, 15) is 9.90 Å². The SMILES string of the molecule is CC.CCCOC.CN(C)C(=O)C(c1ccc(OCc2ccccc2)cc1)C1(O)CCC2(CC1)OCCO2. The van der Waals surface area contributed by atoms with E-state index in [-0.39, 0.29) is 5.91 Å². The van der Waals surface area contributed by atoms with Crippen LogP contribution < -0.4 is 4.74 Å². The number of carbonyl (C=O) groups excluding carboxylic acids is 1. The van der Waals surface area contributed by atoms with Crippen molar-refractivity contribution in [3.05, 3.63) is 65.7 Å². The second kappa shape index (κ2) is 15.8. The first-order chi connectivity index (χ1) is 18.3. The van der Waals surface area contributed by atoms with Crippen molar-refractivity contribution in [1.29, 1.82) is 0 Å². The molecule has 7 nitrogen and oxygen atoms in total. The molecule has 0 aromatic heterocycles. The zero-order chi connectivity index (χ0) is 28.0. The summed E-state index contributed by atoms with van der Waals surface area (Å²) in [5, 5.41) is 11.6. The Morgan fingerprint density at radius 1 is 0.974 bits per heavy atom. The van der Waals surface area contributed by atoms with Crippen LogP contribution in [-0.4, -0.2) is 68.3 Å². The Balaban J connectivity index is 0.000000651. The minimum Gasteiger partial charge on any atom is -0.489 e. The van der Waals surface area contributed by atoms with E-state index in [0.717, 1.165) is 29.9 Å². The summed E-state index contributed by atoms with van der Waals surface area (Å²) in [6.07, 6.45) is 3.18. The van der Waals surface area contributed by atoms with E-state index in [1.807, 2.05) is 68.4 Å². The normalized spacial score (nSPS) is 17.9. The average Bonchev–Trinajstić information content (AvgIpc) is 3.41. The third-order valence-electron chi connectivity index (χ3n) is 6.79. The topological polar surface area (TPSA) is 77.5 Å². The summed E-state index contributed by atoms with van der Waals surface area (Å²) in [7, 11) is 5.16. The van der Waals surface area contributed by atoms with E-state index in [2.05, 4.69) is 6.92 Å². The van der Waals surface area contributed by atoms with Gasteiger partial charge in [-0.25, -0.2) is 0 Å². The number of benzene rings is 2. The molecule has 7 heteroatoms. The van der Waals surface area contributed by atoms with Gasteiger partial charge in [0.25, 0.3) is 0 Å². The van der Waals surface area contributed by atoms with Gasteiger partial charge in [-0.15, -0.1) is 0 Å². The maximum absolute atomic E-state index is 13.1. The van der Waals surface area contributed by atoms with Crippen molar-refractivity contribution in [3.63, 3.8) is 0 Å². The fraction of sp³-hybridized carbons (Fsp3) is 0.581. The van der Waals surface area contributed by atoms with Crippen molar-refractivity contribution in [2.45, 2.75) is 76.8 Å². The second-order valence-electron chi connectivity index (χ2n) is 9.71. The van der Waals surface area contributed by atoms with Gasteiger partial charge in [-0.3, -0.25) is 4.79 Å². The smallest absolute Gasteiger partial charge is 0.232 e. The van der Waals surface area contributed by atoms with Crippen LogP contribution in [0.15, 0.2) is 54.6 Å². The zero-order valence-electron chi connectivity index (χ0n) is 24.1. The fourth-order valence-corrected chi connectivity index (χ4v) is 4.78. The summed E-state index contributed by atoms with van der Waals surface area (Å²) >= 11 is 0. The predicted octanol–water partition coefficient (Wildman–Crippen LogP) is 5.55. The van der Waals surface area contributed by atoms with Crippen LogP contribution in [0.1, 0.15) is 69.9 Å². The van der Waals surface area contributed by atoms with Gasteiger partial charge in [0.05, 0.1) is 24.7 Å². The van der Waals surface area contributed by atoms with E-state index in [0.29, 0.717) is 45.5 Å². The number of carbonyl (C=O) groups is 1. The van der Waals surface area contributed by atoms with Gasteiger partial charge >= 0.3 is 0 Å². The highest BCUT2D eigenvalue weighted by molar-refractivity contribution is 5.85. The molecule has 4 rings (SSSR count). The minimum absolute atomic E-state index is 0.107. The Kier molecular flexibility index (Phi) is 13.2. The van der Waals surface area contributed by atoms with Gasteiger partial charge < -0.3 is 29.0 Å².